The average molecular weight is 515 g/mol. The number of rotatable bonds is 7. The van der Waals surface area contributed by atoms with Crippen LogP contribution in [-0.2, 0) is 10.0 Å². The molecule has 1 unspecified atom stereocenters. The van der Waals surface area contributed by atoms with Gasteiger partial charge in [0, 0.05) is 45.0 Å². The third-order valence-electron chi connectivity index (χ3n) is 5.87. The number of sulfonamides is 1. The van der Waals surface area contributed by atoms with Crippen molar-refractivity contribution < 1.29 is 8.42 Å². The predicted molar refractivity (Wildman–Crippen MR) is 138 cm³/mol. The van der Waals surface area contributed by atoms with Crippen LogP contribution in [0, 0.1) is 6.92 Å². The number of thiophene rings is 2. The summed E-state index contributed by atoms with van der Waals surface area (Å²) in [6, 6.07) is 9.34. The number of pyridine rings is 1. The summed E-state index contributed by atoms with van der Waals surface area (Å²) in [6.07, 6.45) is 3.32. The molecule has 34 heavy (non-hydrogen) atoms. The molecule has 0 spiro atoms. The van der Waals surface area contributed by atoms with Crippen LogP contribution in [0.25, 0.3) is 20.8 Å². The SMILES string of the molecule is Cc1csc2c(NC(C)CN3CCN(S(=O)(=O)c4ccc(-c5ccccn5)s4)CC3)ncnc12. The second kappa shape index (κ2) is 9.67. The molecule has 1 aliphatic heterocycles. The fraction of sp³-hybridized carbons (Fsp3) is 0.348. The fourth-order valence-corrected chi connectivity index (χ4v) is 7.94. The van der Waals surface area contributed by atoms with Gasteiger partial charge in [-0.2, -0.15) is 4.31 Å². The number of fused-ring (bicyclic) bond motifs is 1. The Labute approximate surface area is 207 Å². The first-order valence-corrected chi connectivity index (χ1v) is 14.2. The molecule has 0 bridgehead atoms. The molecule has 5 rings (SSSR count). The van der Waals surface area contributed by atoms with Crippen LogP contribution >= 0.6 is 22.7 Å². The molecular weight excluding hydrogens is 488 g/mol. The molecule has 1 fully saturated rings. The molecule has 11 heteroatoms. The summed E-state index contributed by atoms with van der Waals surface area (Å²) in [5.74, 6) is 0.859. The number of aryl methyl sites for hydroxylation is 1. The molecule has 4 aromatic heterocycles. The van der Waals surface area contributed by atoms with Crippen LogP contribution in [0.15, 0.2) is 52.4 Å². The quantitative estimate of drug-likeness (QED) is 0.400. The summed E-state index contributed by atoms with van der Waals surface area (Å²) in [5, 5.41) is 5.61. The Bertz CT molecular complexity index is 1380. The predicted octanol–water partition coefficient (Wildman–Crippen LogP) is 3.93. The highest BCUT2D eigenvalue weighted by molar-refractivity contribution is 7.91. The van der Waals surface area contributed by atoms with Gasteiger partial charge in [-0.25, -0.2) is 18.4 Å². The summed E-state index contributed by atoms with van der Waals surface area (Å²) >= 11 is 2.93. The smallest absolute Gasteiger partial charge is 0.252 e. The van der Waals surface area contributed by atoms with E-state index >= 15 is 0 Å². The van der Waals surface area contributed by atoms with Gasteiger partial charge in [0.1, 0.15) is 16.4 Å². The van der Waals surface area contributed by atoms with Gasteiger partial charge in [0.15, 0.2) is 0 Å². The van der Waals surface area contributed by atoms with Crippen LogP contribution in [0.2, 0.25) is 0 Å². The number of nitrogens with zero attached hydrogens (tertiary/aromatic N) is 5. The molecule has 4 aromatic rings. The largest absolute Gasteiger partial charge is 0.365 e. The highest BCUT2D eigenvalue weighted by Gasteiger charge is 2.30. The number of anilines is 1. The zero-order valence-corrected chi connectivity index (χ0v) is 21.5. The monoisotopic (exact) mass is 514 g/mol. The first-order valence-electron chi connectivity index (χ1n) is 11.1. The standard InChI is InChI=1S/C23H26N6O2S3/c1-16-14-32-22-21(16)25-15-26-23(22)27-17(2)13-28-9-11-29(12-10-28)34(30,31)20-7-6-19(33-20)18-5-3-4-8-24-18/h3-8,14-15,17H,9-13H2,1-2H3,(H,25,26,27). The van der Waals surface area contributed by atoms with E-state index in [0.717, 1.165) is 38.7 Å². The molecule has 0 saturated carbocycles. The number of piperazine rings is 1. The van der Waals surface area contributed by atoms with Crippen molar-refractivity contribution in [3.8, 4) is 10.6 Å². The van der Waals surface area contributed by atoms with E-state index in [1.807, 2.05) is 24.3 Å². The molecule has 1 N–H and O–H groups in total. The Morgan fingerprint density at radius 1 is 1.09 bits per heavy atom. The highest BCUT2D eigenvalue weighted by atomic mass is 32.2. The molecule has 0 aliphatic carbocycles. The van der Waals surface area contributed by atoms with Crippen molar-refractivity contribution in [2.45, 2.75) is 24.1 Å². The summed E-state index contributed by atoms with van der Waals surface area (Å²) in [7, 11) is -3.51. The lowest BCUT2D eigenvalue weighted by Gasteiger charge is -2.35. The summed E-state index contributed by atoms with van der Waals surface area (Å²) < 4.78 is 29.4. The minimum atomic E-state index is -3.51. The lowest BCUT2D eigenvalue weighted by molar-refractivity contribution is 0.184. The number of nitrogens with one attached hydrogen (secondary N) is 1. The topological polar surface area (TPSA) is 91.3 Å². The molecule has 1 atom stereocenters. The zero-order chi connectivity index (χ0) is 23.7. The van der Waals surface area contributed by atoms with Crippen LogP contribution in [-0.4, -0.2) is 71.3 Å². The normalized spacial score (nSPS) is 16.6. The van der Waals surface area contributed by atoms with Crippen molar-refractivity contribution in [3.63, 3.8) is 0 Å². The van der Waals surface area contributed by atoms with E-state index in [0.29, 0.717) is 30.4 Å². The van der Waals surface area contributed by atoms with Gasteiger partial charge >= 0.3 is 0 Å². The lowest BCUT2D eigenvalue weighted by Crippen LogP contribution is -2.50. The zero-order valence-electron chi connectivity index (χ0n) is 19.0. The Morgan fingerprint density at radius 3 is 2.68 bits per heavy atom. The molecule has 178 valence electrons. The Balaban J connectivity index is 1.19. The second-order valence-electron chi connectivity index (χ2n) is 8.40. The van der Waals surface area contributed by atoms with Gasteiger partial charge in [0.2, 0.25) is 0 Å². The summed E-state index contributed by atoms with van der Waals surface area (Å²) in [6.45, 7) is 7.35. The van der Waals surface area contributed by atoms with Gasteiger partial charge in [-0.3, -0.25) is 9.88 Å². The Hall–Kier alpha value is -2.44. The van der Waals surface area contributed by atoms with Crippen molar-refractivity contribution in [2.75, 3.05) is 38.0 Å². The summed E-state index contributed by atoms with van der Waals surface area (Å²) in [4.78, 5) is 16.3. The van der Waals surface area contributed by atoms with Gasteiger partial charge in [-0.1, -0.05) is 6.07 Å². The maximum Gasteiger partial charge on any atom is 0.252 e. The lowest BCUT2D eigenvalue weighted by atomic mass is 10.2. The van der Waals surface area contributed by atoms with Crippen molar-refractivity contribution in [2.24, 2.45) is 0 Å². The second-order valence-corrected chi connectivity index (χ2v) is 12.5. The average Bonchev–Trinajstić information content (AvgIpc) is 3.49. The van der Waals surface area contributed by atoms with Gasteiger partial charge in [-0.05, 0) is 49.1 Å². The van der Waals surface area contributed by atoms with Crippen molar-refractivity contribution >= 4 is 48.7 Å². The molecular formula is C23H26N6O2S3. The van der Waals surface area contributed by atoms with Crippen LogP contribution in [0.3, 0.4) is 0 Å². The minimum absolute atomic E-state index is 0.168. The van der Waals surface area contributed by atoms with E-state index in [-0.39, 0.29) is 6.04 Å². The number of hydrogen-bond acceptors (Lipinski definition) is 9. The molecule has 0 amide bonds. The fourth-order valence-electron chi connectivity index (χ4n) is 4.12. The van der Waals surface area contributed by atoms with Crippen molar-refractivity contribution in [1.82, 2.24) is 24.2 Å². The molecule has 1 aliphatic rings. The van der Waals surface area contributed by atoms with E-state index in [9.17, 15) is 8.42 Å². The Kier molecular flexibility index (Phi) is 6.63. The van der Waals surface area contributed by atoms with Crippen LogP contribution < -0.4 is 5.32 Å². The molecule has 8 nitrogen and oxygen atoms in total. The first-order chi connectivity index (χ1) is 16.4. The van der Waals surface area contributed by atoms with E-state index in [2.05, 4.69) is 44.4 Å². The molecule has 1 saturated heterocycles. The maximum absolute atomic E-state index is 13.2. The number of hydrogen-bond donors (Lipinski definition) is 1. The van der Waals surface area contributed by atoms with Gasteiger partial charge in [0.05, 0.1) is 20.8 Å². The highest BCUT2D eigenvalue weighted by Crippen LogP contribution is 2.32. The minimum Gasteiger partial charge on any atom is -0.365 e. The summed E-state index contributed by atoms with van der Waals surface area (Å²) in [5.41, 5.74) is 2.94. The van der Waals surface area contributed by atoms with Crippen LogP contribution in [0.4, 0.5) is 5.82 Å². The van der Waals surface area contributed by atoms with Crippen molar-refractivity contribution in [1.29, 1.82) is 0 Å². The third-order valence-corrected chi connectivity index (χ3v) is 10.4. The van der Waals surface area contributed by atoms with Gasteiger partial charge in [0.25, 0.3) is 10.0 Å². The van der Waals surface area contributed by atoms with E-state index in [1.54, 1.807) is 34.2 Å². The van der Waals surface area contributed by atoms with Crippen LogP contribution in [0.5, 0.6) is 0 Å². The van der Waals surface area contributed by atoms with E-state index < -0.39 is 10.0 Å². The van der Waals surface area contributed by atoms with Crippen molar-refractivity contribution in [3.05, 3.63) is 53.8 Å². The maximum atomic E-state index is 13.2. The molecule has 5 heterocycles. The van der Waals surface area contributed by atoms with E-state index in [1.165, 1.54) is 11.3 Å². The van der Waals surface area contributed by atoms with Gasteiger partial charge in [-0.15, -0.1) is 22.7 Å². The third kappa shape index (κ3) is 4.71. The first kappa shape index (κ1) is 23.3. The molecule has 0 aromatic carbocycles. The van der Waals surface area contributed by atoms with E-state index in [4.69, 9.17) is 0 Å². The van der Waals surface area contributed by atoms with Gasteiger partial charge < -0.3 is 5.32 Å². The van der Waals surface area contributed by atoms with Crippen LogP contribution in [0.1, 0.15) is 12.5 Å². The molecule has 0 radical (unpaired) electrons. The number of aromatic nitrogens is 3. The Morgan fingerprint density at radius 2 is 1.91 bits per heavy atom.